The molecule has 0 fully saturated rings. The van der Waals surface area contributed by atoms with Crippen molar-refractivity contribution in [3.05, 3.63) is 22.8 Å². The van der Waals surface area contributed by atoms with Gasteiger partial charge in [0.1, 0.15) is 11.6 Å². The van der Waals surface area contributed by atoms with Crippen LogP contribution in [-0.2, 0) is 6.54 Å². The quantitative estimate of drug-likeness (QED) is 0.798. The normalized spacial score (nSPS) is 12.0. The van der Waals surface area contributed by atoms with Crippen molar-refractivity contribution in [2.45, 2.75) is 46.7 Å². The van der Waals surface area contributed by atoms with E-state index < -0.39 is 0 Å². The van der Waals surface area contributed by atoms with Gasteiger partial charge in [0.2, 0.25) is 5.88 Å². The lowest BCUT2D eigenvalue weighted by Gasteiger charge is -2.20. The first-order valence-corrected chi connectivity index (χ1v) is 7.98. The fraction of sp³-hybridized carbons (Fsp3) is 0.688. The van der Waals surface area contributed by atoms with E-state index in [-0.39, 0.29) is 5.54 Å². The smallest absolute Gasteiger partial charge is 0.232 e. The predicted octanol–water partition coefficient (Wildman–Crippen LogP) is 3.34. The third-order valence-corrected chi connectivity index (χ3v) is 3.50. The highest BCUT2D eigenvalue weighted by atomic mass is 35.5. The fourth-order valence-electron chi connectivity index (χ4n) is 1.85. The molecule has 0 bridgehead atoms. The topological polar surface area (TPSA) is 37.4 Å². The van der Waals surface area contributed by atoms with Gasteiger partial charge in [0.15, 0.2) is 0 Å². The molecule has 0 aliphatic rings. The number of nitrogens with one attached hydrogen (secondary N) is 1. The Balaban J connectivity index is 2.50. The highest BCUT2D eigenvalue weighted by molar-refractivity contribution is 6.31. The predicted molar refractivity (Wildman–Crippen MR) is 89.1 cm³/mol. The lowest BCUT2D eigenvalue weighted by molar-refractivity contribution is 0.218. The lowest BCUT2D eigenvalue weighted by atomic mass is 10.1. The second-order valence-electron chi connectivity index (χ2n) is 6.11. The van der Waals surface area contributed by atoms with E-state index in [0.717, 1.165) is 31.7 Å². The minimum absolute atomic E-state index is 0.0748. The zero-order valence-electron chi connectivity index (χ0n) is 13.9. The molecular formula is C16H28ClN3O. The molecule has 21 heavy (non-hydrogen) atoms. The fourth-order valence-corrected chi connectivity index (χ4v) is 2.09. The van der Waals surface area contributed by atoms with Crippen LogP contribution in [0.4, 0.5) is 0 Å². The van der Waals surface area contributed by atoms with Gasteiger partial charge >= 0.3 is 0 Å². The van der Waals surface area contributed by atoms with E-state index in [1.807, 2.05) is 12.3 Å². The number of aromatic nitrogens is 1. The minimum atomic E-state index is 0.0748. The molecular weight excluding hydrogens is 286 g/mol. The van der Waals surface area contributed by atoms with Crippen LogP contribution in [0.5, 0.6) is 5.88 Å². The summed E-state index contributed by atoms with van der Waals surface area (Å²) in [5.41, 5.74) is 1.14. The van der Waals surface area contributed by atoms with E-state index in [1.165, 1.54) is 0 Å². The van der Waals surface area contributed by atoms with Gasteiger partial charge in [0.25, 0.3) is 0 Å². The van der Waals surface area contributed by atoms with Crippen molar-refractivity contribution >= 4 is 11.6 Å². The number of rotatable bonds is 8. The molecule has 0 radical (unpaired) electrons. The number of likely N-dealkylation sites (N-methyl/N-ethyl adjacent to an activating group) is 1. The molecule has 1 aromatic heterocycles. The van der Waals surface area contributed by atoms with Crippen molar-refractivity contribution in [3.63, 3.8) is 0 Å². The van der Waals surface area contributed by atoms with Crippen molar-refractivity contribution in [2.24, 2.45) is 0 Å². The summed E-state index contributed by atoms with van der Waals surface area (Å²) in [6, 6.07) is 1.92. The Hall–Kier alpha value is -0.840. The van der Waals surface area contributed by atoms with Gasteiger partial charge in [-0.2, -0.15) is 0 Å². The Bertz CT molecular complexity index is 428. The van der Waals surface area contributed by atoms with Gasteiger partial charge in [0, 0.05) is 24.8 Å². The molecule has 1 rings (SSSR count). The first-order valence-electron chi connectivity index (χ1n) is 7.60. The summed E-state index contributed by atoms with van der Waals surface area (Å²) in [7, 11) is 0. The first kappa shape index (κ1) is 18.2. The second-order valence-corrected chi connectivity index (χ2v) is 6.52. The van der Waals surface area contributed by atoms with Gasteiger partial charge in [0.05, 0.1) is 0 Å². The maximum absolute atomic E-state index is 6.23. The van der Waals surface area contributed by atoms with Crippen LogP contribution in [0.2, 0.25) is 5.02 Å². The van der Waals surface area contributed by atoms with E-state index in [4.69, 9.17) is 16.3 Å². The lowest BCUT2D eigenvalue weighted by Crippen LogP contribution is -2.35. The number of nitrogens with zero attached hydrogens (tertiary/aromatic N) is 2. The molecule has 0 saturated carbocycles. The van der Waals surface area contributed by atoms with E-state index in [9.17, 15) is 0 Å². The van der Waals surface area contributed by atoms with Crippen molar-refractivity contribution < 1.29 is 4.74 Å². The third kappa shape index (κ3) is 7.11. The third-order valence-electron chi connectivity index (χ3n) is 3.23. The minimum Gasteiger partial charge on any atom is -0.475 e. The highest BCUT2D eigenvalue weighted by Gasteiger charge is 2.10. The Labute approximate surface area is 133 Å². The molecule has 0 aliphatic heterocycles. The molecule has 1 heterocycles. The van der Waals surface area contributed by atoms with Crippen molar-refractivity contribution in [1.29, 1.82) is 0 Å². The molecule has 0 saturated heterocycles. The van der Waals surface area contributed by atoms with Gasteiger partial charge in [-0.15, -0.1) is 0 Å². The van der Waals surface area contributed by atoms with Crippen LogP contribution in [0.1, 0.15) is 40.2 Å². The number of hydrogen-bond acceptors (Lipinski definition) is 4. The largest absolute Gasteiger partial charge is 0.475 e. The van der Waals surface area contributed by atoms with Crippen LogP contribution in [0.25, 0.3) is 0 Å². The first-order chi connectivity index (χ1) is 9.85. The van der Waals surface area contributed by atoms with E-state index in [2.05, 4.69) is 49.8 Å². The summed E-state index contributed by atoms with van der Waals surface area (Å²) >= 11 is 6.23. The maximum Gasteiger partial charge on any atom is 0.232 e. The van der Waals surface area contributed by atoms with Crippen LogP contribution >= 0.6 is 11.6 Å². The summed E-state index contributed by atoms with van der Waals surface area (Å²) < 4.78 is 5.67. The monoisotopic (exact) mass is 313 g/mol. The maximum atomic E-state index is 6.23. The molecule has 5 heteroatoms. The molecule has 4 nitrogen and oxygen atoms in total. The summed E-state index contributed by atoms with van der Waals surface area (Å²) in [5, 5.41) is 3.98. The Morgan fingerprint density at radius 2 is 1.95 bits per heavy atom. The standard InChI is InChI=1S/C16H28ClN3O/c1-6-20(7-2)8-9-21-15-14(17)10-13(11-18-15)12-19-16(3,4)5/h10-11,19H,6-9,12H2,1-5H3. The zero-order chi connectivity index (χ0) is 15.9. The molecule has 1 aromatic rings. The summed E-state index contributed by atoms with van der Waals surface area (Å²) in [5.74, 6) is 0.517. The number of ether oxygens (including phenoxy) is 1. The molecule has 0 aliphatic carbocycles. The summed E-state index contributed by atoms with van der Waals surface area (Å²) in [6.07, 6.45) is 1.82. The van der Waals surface area contributed by atoms with Crippen molar-refractivity contribution in [1.82, 2.24) is 15.2 Å². The number of halogens is 1. The highest BCUT2D eigenvalue weighted by Crippen LogP contribution is 2.22. The van der Waals surface area contributed by atoms with Crippen LogP contribution < -0.4 is 10.1 Å². The molecule has 120 valence electrons. The molecule has 0 atom stereocenters. The Morgan fingerprint density at radius 3 is 2.48 bits per heavy atom. The van der Waals surface area contributed by atoms with Gasteiger partial charge in [-0.1, -0.05) is 25.4 Å². The summed E-state index contributed by atoms with van der Waals surface area (Å²) in [4.78, 5) is 6.62. The van der Waals surface area contributed by atoms with Crippen LogP contribution in [0, 0.1) is 0 Å². The van der Waals surface area contributed by atoms with E-state index >= 15 is 0 Å². The molecule has 1 N–H and O–H groups in total. The van der Waals surface area contributed by atoms with Gasteiger partial charge in [-0.25, -0.2) is 4.98 Å². The zero-order valence-corrected chi connectivity index (χ0v) is 14.6. The van der Waals surface area contributed by atoms with Crippen molar-refractivity contribution in [2.75, 3.05) is 26.2 Å². The Kier molecular flexibility index (Phi) is 7.43. The van der Waals surface area contributed by atoms with Gasteiger partial charge in [-0.05, 0) is 45.5 Å². The van der Waals surface area contributed by atoms with Crippen LogP contribution in [0.3, 0.4) is 0 Å². The van der Waals surface area contributed by atoms with Crippen LogP contribution in [-0.4, -0.2) is 41.7 Å². The molecule has 0 amide bonds. The molecule has 0 aromatic carbocycles. The SMILES string of the molecule is CCN(CC)CCOc1ncc(CNC(C)(C)C)cc1Cl. The van der Waals surface area contributed by atoms with Gasteiger partial charge in [-0.3, -0.25) is 0 Å². The molecule has 0 spiro atoms. The average molecular weight is 314 g/mol. The summed E-state index contributed by atoms with van der Waals surface area (Å²) in [6.45, 7) is 15.0. The van der Waals surface area contributed by atoms with Crippen LogP contribution in [0.15, 0.2) is 12.3 Å². The number of hydrogen-bond donors (Lipinski definition) is 1. The Morgan fingerprint density at radius 1 is 1.29 bits per heavy atom. The average Bonchev–Trinajstić information content (AvgIpc) is 2.42. The molecule has 0 unspecified atom stereocenters. The van der Waals surface area contributed by atoms with E-state index in [1.54, 1.807) is 0 Å². The van der Waals surface area contributed by atoms with Crippen molar-refractivity contribution in [3.8, 4) is 5.88 Å². The number of pyridine rings is 1. The van der Waals surface area contributed by atoms with Gasteiger partial charge < -0.3 is 15.0 Å². The second kappa shape index (κ2) is 8.57. The van der Waals surface area contributed by atoms with E-state index in [0.29, 0.717) is 17.5 Å².